The molecule has 0 radical (unpaired) electrons. The molecular weight excluding hydrogens is 238 g/mol. The normalized spacial score (nSPS) is 10.5. The highest BCUT2D eigenvalue weighted by Crippen LogP contribution is 2.17. The number of Topliss-reactive ketones (excluding diaryl/α,β-unsaturated/α-hetero) is 1. The number of ether oxygens (including phenoxy) is 1. The van der Waals surface area contributed by atoms with Gasteiger partial charge >= 0.3 is 6.61 Å². The van der Waals surface area contributed by atoms with E-state index in [1.54, 1.807) is 6.07 Å². The van der Waals surface area contributed by atoms with Gasteiger partial charge in [0.2, 0.25) is 0 Å². The summed E-state index contributed by atoms with van der Waals surface area (Å²) in [6, 6.07) is 5.76. The molecule has 0 saturated heterocycles. The van der Waals surface area contributed by atoms with Gasteiger partial charge in [0.05, 0.1) is 0 Å². The molecule has 0 fully saturated rings. The van der Waals surface area contributed by atoms with Crippen LogP contribution in [-0.4, -0.2) is 18.3 Å². The van der Waals surface area contributed by atoms with Crippen molar-refractivity contribution in [3.63, 3.8) is 0 Å². The summed E-state index contributed by atoms with van der Waals surface area (Å²) in [5.41, 5.74) is 0.364. The van der Waals surface area contributed by atoms with Crippen molar-refractivity contribution in [2.24, 2.45) is 0 Å². The Balaban J connectivity index is 2.69. The Morgan fingerprint density at radius 2 is 2.19 bits per heavy atom. The first-order chi connectivity index (χ1) is 7.63. The Hall–Kier alpha value is -1.16. The van der Waals surface area contributed by atoms with Crippen LogP contribution in [0.1, 0.15) is 23.2 Å². The minimum absolute atomic E-state index is 0.00766. The molecule has 16 heavy (non-hydrogen) atoms. The van der Waals surface area contributed by atoms with Gasteiger partial charge in [-0.3, -0.25) is 4.79 Å². The van der Waals surface area contributed by atoms with Gasteiger partial charge in [0.1, 0.15) is 5.75 Å². The van der Waals surface area contributed by atoms with Crippen molar-refractivity contribution >= 4 is 17.4 Å². The Labute approximate surface area is 97.2 Å². The van der Waals surface area contributed by atoms with Gasteiger partial charge in [-0.15, -0.1) is 11.6 Å². The number of rotatable bonds is 6. The predicted octanol–water partition coefficient (Wildman–Crippen LogP) is 3.49. The summed E-state index contributed by atoms with van der Waals surface area (Å²) in [6.07, 6.45) is 0.877. The van der Waals surface area contributed by atoms with E-state index in [1.165, 1.54) is 18.2 Å². The average Bonchev–Trinajstić information content (AvgIpc) is 2.25. The molecule has 2 nitrogen and oxygen atoms in total. The molecule has 0 aliphatic heterocycles. The molecule has 0 bridgehead atoms. The first kappa shape index (κ1) is 12.9. The van der Waals surface area contributed by atoms with Crippen LogP contribution in [0.25, 0.3) is 0 Å². The van der Waals surface area contributed by atoms with Gasteiger partial charge < -0.3 is 4.74 Å². The lowest BCUT2D eigenvalue weighted by Gasteiger charge is -2.05. The molecule has 1 aromatic carbocycles. The minimum Gasteiger partial charge on any atom is -0.435 e. The molecule has 0 aromatic heterocycles. The number of carbonyl (C=O) groups is 1. The molecule has 1 aromatic rings. The van der Waals surface area contributed by atoms with Gasteiger partial charge in [0, 0.05) is 17.9 Å². The third kappa shape index (κ3) is 4.14. The van der Waals surface area contributed by atoms with E-state index >= 15 is 0 Å². The van der Waals surface area contributed by atoms with E-state index in [0.717, 1.165) is 0 Å². The van der Waals surface area contributed by atoms with Crippen LogP contribution in [0.4, 0.5) is 8.78 Å². The third-order valence-electron chi connectivity index (χ3n) is 1.92. The molecule has 0 amide bonds. The van der Waals surface area contributed by atoms with E-state index in [0.29, 0.717) is 24.3 Å². The van der Waals surface area contributed by atoms with Crippen molar-refractivity contribution < 1.29 is 18.3 Å². The monoisotopic (exact) mass is 248 g/mol. The van der Waals surface area contributed by atoms with Gasteiger partial charge in [-0.1, -0.05) is 12.1 Å². The second kappa shape index (κ2) is 6.43. The van der Waals surface area contributed by atoms with Crippen molar-refractivity contribution in [1.82, 2.24) is 0 Å². The summed E-state index contributed by atoms with van der Waals surface area (Å²) in [5, 5.41) is 0. The summed E-state index contributed by atoms with van der Waals surface area (Å²) in [6.45, 7) is -2.88. The number of benzene rings is 1. The van der Waals surface area contributed by atoms with Crippen molar-refractivity contribution in [2.45, 2.75) is 19.5 Å². The van der Waals surface area contributed by atoms with Gasteiger partial charge in [-0.05, 0) is 18.6 Å². The lowest BCUT2D eigenvalue weighted by molar-refractivity contribution is -0.0498. The van der Waals surface area contributed by atoms with Gasteiger partial charge in [-0.25, -0.2) is 0 Å². The lowest BCUT2D eigenvalue weighted by Crippen LogP contribution is -2.04. The maximum Gasteiger partial charge on any atom is 0.387 e. The molecule has 0 atom stereocenters. The van der Waals surface area contributed by atoms with Crippen molar-refractivity contribution in [2.75, 3.05) is 5.88 Å². The van der Waals surface area contributed by atoms with Gasteiger partial charge in [0.15, 0.2) is 5.78 Å². The first-order valence-electron chi connectivity index (χ1n) is 4.77. The topological polar surface area (TPSA) is 26.3 Å². The van der Waals surface area contributed by atoms with Crippen LogP contribution in [0.2, 0.25) is 0 Å². The Bertz CT molecular complexity index is 356. The highest BCUT2D eigenvalue weighted by molar-refractivity contribution is 6.18. The Morgan fingerprint density at radius 1 is 1.44 bits per heavy atom. The molecule has 0 unspecified atom stereocenters. The zero-order valence-corrected chi connectivity index (χ0v) is 9.21. The van der Waals surface area contributed by atoms with E-state index in [2.05, 4.69) is 4.74 Å². The highest BCUT2D eigenvalue weighted by atomic mass is 35.5. The van der Waals surface area contributed by atoms with Crippen LogP contribution >= 0.6 is 11.6 Å². The largest absolute Gasteiger partial charge is 0.435 e. The molecule has 0 heterocycles. The fraction of sp³-hybridized carbons (Fsp3) is 0.364. The second-order valence-corrected chi connectivity index (χ2v) is 3.50. The number of hydrogen-bond donors (Lipinski definition) is 0. The Morgan fingerprint density at radius 3 is 2.81 bits per heavy atom. The molecular formula is C11H11ClF2O2. The van der Waals surface area contributed by atoms with Crippen molar-refractivity contribution in [1.29, 1.82) is 0 Å². The summed E-state index contributed by atoms with van der Waals surface area (Å²) >= 11 is 5.46. The van der Waals surface area contributed by atoms with Crippen LogP contribution < -0.4 is 4.74 Å². The number of hydrogen-bond acceptors (Lipinski definition) is 2. The van der Waals surface area contributed by atoms with E-state index < -0.39 is 6.61 Å². The van der Waals surface area contributed by atoms with Gasteiger partial charge in [-0.2, -0.15) is 8.78 Å². The number of carbonyl (C=O) groups excluding carboxylic acids is 1. The summed E-state index contributed by atoms with van der Waals surface area (Å²) < 4.78 is 28.1. The smallest absolute Gasteiger partial charge is 0.387 e. The second-order valence-electron chi connectivity index (χ2n) is 3.12. The maximum atomic E-state index is 11.9. The quantitative estimate of drug-likeness (QED) is 0.569. The molecule has 1 rings (SSSR count). The predicted molar refractivity (Wildman–Crippen MR) is 57.4 cm³/mol. The average molecular weight is 249 g/mol. The highest BCUT2D eigenvalue weighted by Gasteiger charge is 2.09. The van der Waals surface area contributed by atoms with E-state index in [-0.39, 0.29) is 11.5 Å². The van der Waals surface area contributed by atoms with Crippen LogP contribution in [0.3, 0.4) is 0 Å². The molecule has 0 spiro atoms. The standard InChI is InChI=1S/C11H11ClF2O2/c12-6-2-5-10(15)8-3-1-4-9(7-8)16-11(13)14/h1,3-4,7,11H,2,5-6H2. The molecule has 5 heteroatoms. The van der Waals surface area contributed by atoms with Crippen LogP contribution in [-0.2, 0) is 0 Å². The molecule has 0 aliphatic carbocycles. The number of ketones is 1. The fourth-order valence-corrected chi connectivity index (χ4v) is 1.35. The summed E-state index contributed by atoms with van der Waals surface area (Å²) in [7, 11) is 0. The van der Waals surface area contributed by atoms with Crippen molar-refractivity contribution in [3.8, 4) is 5.75 Å². The third-order valence-corrected chi connectivity index (χ3v) is 2.19. The Kier molecular flexibility index (Phi) is 5.19. The zero-order chi connectivity index (χ0) is 12.0. The summed E-state index contributed by atoms with van der Waals surface area (Å²) in [5.74, 6) is 0.269. The zero-order valence-electron chi connectivity index (χ0n) is 8.46. The molecule has 0 aliphatic rings. The molecule has 0 N–H and O–H groups in total. The summed E-state index contributed by atoms with van der Waals surface area (Å²) in [4.78, 5) is 11.5. The fourth-order valence-electron chi connectivity index (χ4n) is 1.22. The SMILES string of the molecule is O=C(CCCCl)c1cccc(OC(F)F)c1. The number of halogens is 3. The lowest BCUT2D eigenvalue weighted by atomic mass is 10.1. The first-order valence-corrected chi connectivity index (χ1v) is 5.31. The van der Waals surface area contributed by atoms with E-state index in [4.69, 9.17) is 11.6 Å². The van der Waals surface area contributed by atoms with Crippen LogP contribution in [0, 0.1) is 0 Å². The van der Waals surface area contributed by atoms with Gasteiger partial charge in [0.25, 0.3) is 0 Å². The van der Waals surface area contributed by atoms with Crippen LogP contribution in [0.15, 0.2) is 24.3 Å². The molecule has 0 saturated carbocycles. The maximum absolute atomic E-state index is 11.9. The van der Waals surface area contributed by atoms with Crippen LogP contribution in [0.5, 0.6) is 5.75 Å². The minimum atomic E-state index is -2.88. The van der Waals surface area contributed by atoms with E-state index in [1.807, 2.05) is 0 Å². The van der Waals surface area contributed by atoms with E-state index in [9.17, 15) is 13.6 Å². The molecule has 88 valence electrons. The number of alkyl halides is 3. The van der Waals surface area contributed by atoms with Crippen molar-refractivity contribution in [3.05, 3.63) is 29.8 Å².